The van der Waals surface area contributed by atoms with E-state index in [0.717, 1.165) is 37.1 Å². The number of fused-ring (bicyclic) bond motifs is 1. The first kappa shape index (κ1) is 14.4. The normalized spacial score (nSPS) is 24.2. The van der Waals surface area contributed by atoms with E-state index < -0.39 is 0 Å². The summed E-state index contributed by atoms with van der Waals surface area (Å²) in [5.74, 6) is 0.759. The average Bonchev–Trinajstić information content (AvgIpc) is 3.00. The summed E-state index contributed by atoms with van der Waals surface area (Å²) in [6, 6.07) is 5.90. The van der Waals surface area contributed by atoms with E-state index in [-0.39, 0.29) is 12.5 Å². The van der Waals surface area contributed by atoms with Crippen molar-refractivity contribution in [1.29, 1.82) is 0 Å². The summed E-state index contributed by atoms with van der Waals surface area (Å²) in [4.78, 5) is 12.3. The van der Waals surface area contributed by atoms with Crippen molar-refractivity contribution < 1.29 is 9.90 Å². The Labute approximate surface area is 125 Å². The number of nitrogens with one attached hydrogen (secondary N) is 2. The number of benzene rings is 1. The number of anilines is 1. The highest BCUT2D eigenvalue weighted by atomic mass is 16.3. The zero-order valence-electron chi connectivity index (χ0n) is 12.4. The van der Waals surface area contributed by atoms with Gasteiger partial charge in [-0.2, -0.15) is 0 Å². The number of carbonyl (C=O) groups excluding carboxylic acids is 1. The van der Waals surface area contributed by atoms with Gasteiger partial charge in [-0.15, -0.1) is 0 Å². The molecule has 21 heavy (non-hydrogen) atoms. The fourth-order valence-corrected chi connectivity index (χ4v) is 3.55. The predicted octanol–water partition coefficient (Wildman–Crippen LogP) is 2.18. The Morgan fingerprint density at radius 1 is 1.29 bits per heavy atom. The van der Waals surface area contributed by atoms with Crippen LogP contribution < -0.4 is 10.6 Å². The largest absolute Gasteiger partial charge is 0.396 e. The van der Waals surface area contributed by atoms with Gasteiger partial charge in [0.05, 0.1) is 0 Å². The molecule has 2 unspecified atom stereocenters. The molecule has 0 radical (unpaired) electrons. The zero-order valence-corrected chi connectivity index (χ0v) is 12.4. The summed E-state index contributed by atoms with van der Waals surface area (Å²) in [6.07, 6.45) is 5.64. The third-order valence-corrected chi connectivity index (χ3v) is 4.91. The van der Waals surface area contributed by atoms with Crippen LogP contribution in [0.15, 0.2) is 18.2 Å². The standard InChI is InChI=1S/C17H24N2O2/c20-11-15-4-2-1-3-14(15)10-19-17(21)13-6-5-12-7-8-18-16(12)9-13/h5-6,9,14-15,18,20H,1-4,7-8,10-11H2,(H,19,21). The molecule has 1 aromatic carbocycles. The molecule has 3 rings (SSSR count). The lowest BCUT2D eigenvalue weighted by atomic mass is 9.79. The van der Waals surface area contributed by atoms with E-state index >= 15 is 0 Å². The van der Waals surface area contributed by atoms with Crippen molar-refractivity contribution in [1.82, 2.24) is 5.32 Å². The summed E-state index contributed by atoms with van der Waals surface area (Å²) >= 11 is 0. The Bertz CT molecular complexity index is 516. The Balaban J connectivity index is 1.58. The molecule has 1 amide bonds. The van der Waals surface area contributed by atoms with Gasteiger partial charge in [-0.05, 0) is 48.8 Å². The van der Waals surface area contributed by atoms with Crippen molar-refractivity contribution >= 4 is 11.6 Å². The smallest absolute Gasteiger partial charge is 0.251 e. The van der Waals surface area contributed by atoms with E-state index in [1.165, 1.54) is 18.4 Å². The monoisotopic (exact) mass is 288 g/mol. The van der Waals surface area contributed by atoms with E-state index in [1.54, 1.807) is 0 Å². The quantitative estimate of drug-likeness (QED) is 0.796. The maximum absolute atomic E-state index is 12.3. The number of hydrogen-bond donors (Lipinski definition) is 3. The molecule has 1 aliphatic carbocycles. The van der Waals surface area contributed by atoms with Crippen LogP contribution in [0.2, 0.25) is 0 Å². The predicted molar refractivity (Wildman–Crippen MR) is 83.5 cm³/mol. The fourth-order valence-electron chi connectivity index (χ4n) is 3.55. The van der Waals surface area contributed by atoms with E-state index in [0.29, 0.717) is 18.4 Å². The van der Waals surface area contributed by atoms with Crippen LogP contribution in [0.25, 0.3) is 0 Å². The highest BCUT2D eigenvalue weighted by Crippen LogP contribution is 2.29. The number of rotatable bonds is 4. The van der Waals surface area contributed by atoms with E-state index in [9.17, 15) is 9.90 Å². The van der Waals surface area contributed by atoms with Crippen LogP contribution in [0.1, 0.15) is 41.6 Å². The van der Waals surface area contributed by atoms with Gasteiger partial charge in [-0.3, -0.25) is 4.79 Å². The van der Waals surface area contributed by atoms with Crippen LogP contribution in [0.5, 0.6) is 0 Å². The first-order valence-electron chi connectivity index (χ1n) is 8.04. The molecule has 2 atom stereocenters. The summed E-state index contributed by atoms with van der Waals surface area (Å²) in [5, 5.41) is 15.8. The van der Waals surface area contributed by atoms with Gasteiger partial charge in [-0.25, -0.2) is 0 Å². The number of carbonyl (C=O) groups is 1. The van der Waals surface area contributed by atoms with Crippen molar-refractivity contribution in [2.75, 3.05) is 25.0 Å². The van der Waals surface area contributed by atoms with Crippen LogP contribution in [-0.2, 0) is 6.42 Å². The molecular weight excluding hydrogens is 264 g/mol. The molecule has 1 saturated carbocycles. The molecule has 4 nitrogen and oxygen atoms in total. The molecule has 2 aliphatic rings. The lowest BCUT2D eigenvalue weighted by Gasteiger charge is -2.30. The van der Waals surface area contributed by atoms with Gasteiger partial charge >= 0.3 is 0 Å². The number of aliphatic hydroxyl groups is 1. The molecular formula is C17H24N2O2. The molecule has 3 N–H and O–H groups in total. The minimum Gasteiger partial charge on any atom is -0.396 e. The van der Waals surface area contributed by atoms with E-state index in [2.05, 4.69) is 10.6 Å². The van der Waals surface area contributed by atoms with Gasteiger partial charge in [0.2, 0.25) is 0 Å². The molecule has 0 bridgehead atoms. The molecule has 0 saturated heterocycles. The molecule has 0 spiro atoms. The highest BCUT2D eigenvalue weighted by molar-refractivity contribution is 5.95. The molecule has 114 valence electrons. The molecule has 1 fully saturated rings. The molecule has 1 aliphatic heterocycles. The van der Waals surface area contributed by atoms with Crippen molar-refractivity contribution in [3.63, 3.8) is 0 Å². The second-order valence-corrected chi connectivity index (χ2v) is 6.25. The Hall–Kier alpha value is -1.55. The third-order valence-electron chi connectivity index (χ3n) is 4.91. The summed E-state index contributed by atoms with van der Waals surface area (Å²) in [7, 11) is 0. The summed E-state index contributed by atoms with van der Waals surface area (Å²) in [6.45, 7) is 1.87. The number of hydrogen-bond acceptors (Lipinski definition) is 3. The first-order chi connectivity index (χ1) is 10.3. The minimum absolute atomic E-state index is 0.00577. The summed E-state index contributed by atoms with van der Waals surface area (Å²) < 4.78 is 0. The maximum Gasteiger partial charge on any atom is 0.251 e. The van der Waals surface area contributed by atoms with Gasteiger partial charge in [0, 0.05) is 30.9 Å². The fraction of sp³-hybridized carbons (Fsp3) is 0.588. The van der Waals surface area contributed by atoms with Gasteiger partial charge in [0.25, 0.3) is 5.91 Å². The Morgan fingerprint density at radius 2 is 2.10 bits per heavy atom. The average molecular weight is 288 g/mol. The molecule has 1 heterocycles. The van der Waals surface area contributed by atoms with Crippen LogP contribution in [-0.4, -0.2) is 30.7 Å². The van der Waals surface area contributed by atoms with Gasteiger partial charge in [0.1, 0.15) is 0 Å². The third kappa shape index (κ3) is 3.21. The molecule has 1 aromatic rings. The van der Waals surface area contributed by atoms with Crippen molar-refractivity contribution in [2.45, 2.75) is 32.1 Å². The second-order valence-electron chi connectivity index (χ2n) is 6.25. The molecule has 4 heteroatoms. The Morgan fingerprint density at radius 3 is 2.90 bits per heavy atom. The van der Waals surface area contributed by atoms with Crippen molar-refractivity contribution in [3.8, 4) is 0 Å². The minimum atomic E-state index is -0.00577. The lowest BCUT2D eigenvalue weighted by molar-refractivity contribution is 0.0909. The highest BCUT2D eigenvalue weighted by Gasteiger charge is 2.25. The van der Waals surface area contributed by atoms with Crippen LogP contribution >= 0.6 is 0 Å². The topological polar surface area (TPSA) is 61.4 Å². The van der Waals surface area contributed by atoms with E-state index in [4.69, 9.17) is 0 Å². The molecule has 0 aromatic heterocycles. The maximum atomic E-state index is 12.3. The van der Waals surface area contributed by atoms with E-state index in [1.807, 2.05) is 18.2 Å². The first-order valence-corrected chi connectivity index (χ1v) is 8.04. The Kier molecular flexibility index (Phi) is 4.44. The van der Waals surface area contributed by atoms with Crippen LogP contribution in [0, 0.1) is 11.8 Å². The lowest BCUT2D eigenvalue weighted by Crippen LogP contribution is -2.35. The number of aliphatic hydroxyl groups excluding tert-OH is 1. The number of amides is 1. The van der Waals surface area contributed by atoms with Crippen molar-refractivity contribution in [3.05, 3.63) is 29.3 Å². The van der Waals surface area contributed by atoms with Gasteiger partial charge < -0.3 is 15.7 Å². The van der Waals surface area contributed by atoms with Gasteiger partial charge in [-0.1, -0.05) is 18.9 Å². The van der Waals surface area contributed by atoms with Crippen LogP contribution in [0.4, 0.5) is 5.69 Å². The van der Waals surface area contributed by atoms with Gasteiger partial charge in [0.15, 0.2) is 0 Å². The SMILES string of the molecule is O=C(NCC1CCCCC1CO)c1ccc2c(c1)NCC2. The van der Waals surface area contributed by atoms with Crippen molar-refractivity contribution in [2.24, 2.45) is 11.8 Å². The second kappa shape index (κ2) is 6.48. The van der Waals surface area contributed by atoms with Crippen LogP contribution in [0.3, 0.4) is 0 Å². The zero-order chi connectivity index (χ0) is 14.7. The summed E-state index contributed by atoms with van der Waals surface area (Å²) in [5.41, 5.74) is 3.10.